The Labute approximate surface area is 226 Å². The highest BCUT2D eigenvalue weighted by molar-refractivity contribution is 6.04. The smallest absolute Gasteiger partial charge is 0.323 e. The molecular formula is C31H39N5O2. The number of hydrogen-bond acceptors (Lipinski definition) is 4. The maximum absolute atomic E-state index is 13.4. The lowest BCUT2D eigenvalue weighted by atomic mass is 9.93. The van der Waals surface area contributed by atoms with Crippen LogP contribution in [-0.4, -0.2) is 30.0 Å². The van der Waals surface area contributed by atoms with Gasteiger partial charge >= 0.3 is 6.03 Å². The fourth-order valence-electron chi connectivity index (χ4n) is 4.96. The summed E-state index contributed by atoms with van der Waals surface area (Å²) in [5.41, 5.74) is 6.01. The number of carbonyl (C=O) groups is 2. The predicted molar refractivity (Wildman–Crippen MR) is 155 cm³/mol. The minimum absolute atomic E-state index is 0.175. The van der Waals surface area contributed by atoms with Gasteiger partial charge in [0.2, 0.25) is 0 Å². The van der Waals surface area contributed by atoms with Crippen LogP contribution in [0.1, 0.15) is 85.8 Å². The van der Waals surface area contributed by atoms with Crippen molar-refractivity contribution in [2.45, 2.75) is 65.3 Å². The van der Waals surface area contributed by atoms with E-state index in [0.717, 1.165) is 54.0 Å². The highest BCUT2D eigenvalue weighted by Crippen LogP contribution is 2.33. The van der Waals surface area contributed by atoms with Crippen molar-refractivity contribution < 1.29 is 9.59 Å². The molecular weight excluding hydrogens is 474 g/mol. The van der Waals surface area contributed by atoms with Gasteiger partial charge < -0.3 is 20.9 Å². The molecule has 1 aromatic heterocycles. The lowest BCUT2D eigenvalue weighted by Crippen LogP contribution is -2.33. The molecule has 2 heterocycles. The number of anilines is 3. The fraction of sp³-hybridized carbons (Fsp3) is 0.387. The van der Waals surface area contributed by atoms with Crippen LogP contribution in [0.3, 0.4) is 0 Å². The van der Waals surface area contributed by atoms with Crippen LogP contribution in [0.4, 0.5) is 21.9 Å². The lowest BCUT2D eigenvalue weighted by Gasteiger charge is -2.30. The second-order valence-corrected chi connectivity index (χ2v) is 10.5. The summed E-state index contributed by atoms with van der Waals surface area (Å²) in [6.07, 6.45) is 6.87. The topological polar surface area (TPSA) is 86.4 Å². The molecule has 1 aliphatic heterocycles. The van der Waals surface area contributed by atoms with E-state index in [9.17, 15) is 9.59 Å². The number of carbonyl (C=O) groups excluding carboxylic acids is 2. The van der Waals surface area contributed by atoms with Crippen molar-refractivity contribution in [3.63, 3.8) is 0 Å². The average molecular weight is 514 g/mol. The first kappa shape index (κ1) is 27.2. The van der Waals surface area contributed by atoms with Crippen molar-refractivity contribution in [2.75, 3.05) is 28.6 Å². The Morgan fingerprint density at radius 1 is 0.895 bits per heavy atom. The molecule has 1 saturated heterocycles. The first-order valence-electron chi connectivity index (χ1n) is 13.6. The molecule has 38 heavy (non-hydrogen) atoms. The van der Waals surface area contributed by atoms with Gasteiger partial charge in [-0.1, -0.05) is 52.0 Å². The summed E-state index contributed by atoms with van der Waals surface area (Å²) in [5.74, 6) is 0.358. The van der Waals surface area contributed by atoms with Gasteiger partial charge in [-0.25, -0.2) is 4.79 Å². The Morgan fingerprint density at radius 2 is 1.61 bits per heavy atom. The van der Waals surface area contributed by atoms with E-state index in [2.05, 4.69) is 65.7 Å². The molecule has 0 radical (unpaired) electrons. The monoisotopic (exact) mass is 513 g/mol. The van der Waals surface area contributed by atoms with Gasteiger partial charge in [0.1, 0.15) is 0 Å². The molecule has 1 aliphatic rings. The van der Waals surface area contributed by atoms with Crippen molar-refractivity contribution in [1.29, 1.82) is 0 Å². The number of urea groups is 1. The molecule has 200 valence electrons. The Balaban J connectivity index is 1.57. The van der Waals surface area contributed by atoms with Gasteiger partial charge in [0, 0.05) is 49.1 Å². The van der Waals surface area contributed by atoms with Crippen molar-refractivity contribution in [3.05, 3.63) is 83.2 Å². The molecule has 0 unspecified atom stereocenters. The second kappa shape index (κ2) is 12.6. The third kappa shape index (κ3) is 6.71. The van der Waals surface area contributed by atoms with Crippen LogP contribution in [0, 0.1) is 0 Å². The molecule has 7 nitrogen and oxygen atoms in total. The number of nitrogens with one attached hydrogen (secondary N) is 3. The molecule has 4 rings (SSSR count). The maximum atomic E-state index is 13.4. The van der Waals surface area contributed by atoms with Crippen LogP contribution in [0.15, 0.2) is 60.9 Å². The predicted octanol–water partition coefficient (Wildman–Crippen LogP) is 6.89. The first-order valence-corrected chi connectivity index (χ1v) is 13.6. The fourth-order valence-corrected chi connectivity index (χ4v) is 4.96. The number of pyridine rings is 1. The number of hydrogen-bond donors (Lipinski definition) is 3. The van der Waals surface area contributed by atoms with Crippen LogP contribution in [0.2, 0.25) is 0 Å². The lowest BCUT2D eigenvalue weighted by molar-refractivity contribution is 0.0951. The van der Waals surface area contributed by atoms with E-state index in [1.54, 1.807) is 18.5 Å². The van der Waals surface area contributed by atoms with Crippen LogP contribution in [0.25, 0.3) is 0 Å². The number of piperidine rings is 1. The molecule has 2 aromatic carbocycles. The summed E-state index contributed by atoms with van der Waals surface area (Å²) >= 11 is 0. The SMILES string of the molecule is CC(C)c1cccc(C(C)C)c1NC(=O)Nc1ccc(N2CCCCC2)c(C(=O)NCc2cccnc2)c1. The maximum Gasteiger partial charge on any atom is 0.323 e. The van der Waals surface area contributed by atoms with E-state index in [0.29, 0.717) is 17.8 Å². The van der Waals surface area contributed by atoms with Crippen LogP contribution < -0.4 is 20.9 Å². The molecule has 3 N–H and O–H groups in total. The third-order valence-electron chi connectivity index (χ3n) is 6.98. The summed E-state index contributed by atoms with van der Waals surface area (Å²) in [4.78, 5) is 32.9. The number of para-hydroxylation sites is 1. The highest BCUT2D eigenvalue weighted by atomic mass is 16.2. The van der Waals surface area contributed by atoms with Crippen LogP contribution in [0.5, 0.6) is 0 Å². The molecule has 7 heteroatoms. The molecule has 0 saturated carbocycles. The zero-order chi connectivity index (χ0) is 27.1. The highest BCUT2D eigenvalue weighted by Gasteiger charge is 2.21. The van der Waals surface area contributed by atoms with Gasteiger partial charge in [-0.3, -0.25) is 9.78 Å². The van der Waals surface area contributed by atoms with E-state index in [4.69, 9.17) is 0 Å². The summed E-state index contributed by atoms with van der Waals surface area (Å²) < 4.78 is 0. The Hall–Kier alpha value is -3.87. The summed E-state index contributed by atoms with van der Waals surface area (Å²) in [6, 6.07) is 15.2. The standard InChI is InChI=1S/C31H39N5O2/c1-21(2)25-11-8-12-26(22(3)4)29(25)35-31(38)34-24-13-14-28(36-16-6-5-7-17-36)27(18-24)30(37)33-20-23-10-9-15-32-19-23/h8-15,18-19,21-22H,5-7,16-17,20H2,1-4H3,(H,33,37)(H2,34,35,38). The second-order valence-electron chi connectivity index (χ2n) is 10.5. The normalized spacial score (nSPS) is 13.5. The van der Waals surface area contributed by atoms with Crippen LogP contribution in [-0.2, 0) is 6.54 Å². The minimum atomic E-state index is -0.326. The van der Waals surface area contributed by atoms with E-state index >= 15 is 0 Å². The van der Waals surface area contributed by atoms with Crippen molar-refractivity contribution in [3.8, 4) is 0 Å². The zero-order valence-electron chi connectivity index (χ0n) is 22.9. The molecule has 1 fully saturated rings. The number of amides is 3. The zero-order valence-corrected chi connectivity index (χ0v) is 22.9. The molecule has 3 aromatic rings. The molecule has 0 atom stereocenters. The summed E-state index contributed by atoms with van der Waals surface area (Å²) in [7, 11) is 0. The Morgan fingerprint density at radius 3 is 2.24 bits per heavy atom. The summed E-state index contributed by atoms with van der Waals surface area (Å²) in [5, 5.41) is 9.08. The Kier molecular flexibility index (Phi) is 9.00. The number of nitrogens with zero attached hydrogens (tertiary/aromatic N) is 2. The summed E-state index contributed by atoms with van der Waals surface area (Å²) in [6.45, 7) is 10.7. The molecule has 0 bridgehead atoms. The number of benzene rings is 2. The average Bonchev–Trinajstić information content (AvgIpc) is 2.92. The first-order chi connectivity index (χ1) is 18.3. The molecule has 3 amide bonds. The van der Waals surface area contributed by atoms with E-state index in [1.807, 2.05) is 30.3 Å². The van der Waals surface area contributed by atoms with E-state index in [1.165, 1.54) is 6.42 Å². The quantitative estimate of drug-likeness (QED) is 0.306. The minimum Gasteiger partial charge on any atom is -0.371 e. The molecule has 0 aliphatic carbocycles. The van der Waals surface area contributed by atoms with E-state index < -0.39 is 0 Å². The van der Waals surface area contributed by atoms with Gasteiger partial charge in [-0.05, 0) is 72.1 Å². The van der Waals surface area contributed by atoms with Gasteiger partial charge in [0.25, 0.3) is 5.91 Å². The van der Waals surface area contributed by atoms with Crippen molar-refractivity contribution in [1.82, 2.24) is 10.3 Å². The van der Waals surface area contributed by atoms with Crippen LogP contribution >= 0.6 is 0 Å². The number of aromatic nitrogens is 1. The number of rotatable bonds is 8. The van der Waals surface area contributed by atoms with Gasteiger partial charge in [0.05, 0.1) is 5.56 Å². The Bertz CT molecular complexity index is 1220. The van der Waals surface area contributed by atoms with Crippen molar-refractivity contribution >= 4 is 29.0 Å². The van der Waals surface area contributed by atoms with E-state index in [-0.39, 0.29) is 23.8 Å². The molecule has 0 spiro atoms. The van der Waals surface area contributed by atoms with Gasteiger partial charge in [-0.2, -0.15) is 0 Å². The third-order valence-corrected chi connectivity index (χ3v) is 6.98. The largest absolute Gasteiger partial charge is 0.371 e. The van der Waals surface area contributed by atoms with Gasteiger partial charge in [0.15, 0.2) is 0 Å². The van der Waals surface area contributed by atoms with Gasteiger partial charge in [-0.15, -0.1) is 0 Å². The van der Waals surface area contributed by atoms with Crippen molar-refractivity contribution in [2.24, 2.45) is 0 Å².